The van der Waals surface area contributed by atoms with Crippen molar-refractivity contribution >= 4 is 22.6 Å². The van der Waals surface area contributed by atoms with E-state index >= 15 is 0 Å². The highest BCUT2D eigenvalue weighted by atomic mass is 35.5. The van der Waals surface area contributed by atoms with Gasteiger partial charge in [0.25, 0.3) is 0 Å². The van der Waals surface area contributed by atoms with Gasteiger partial charge in [-0.05, 0) is 24.6 Å². The number of halogens is 1. The molecule has 0 spiro atoms. The van der Waals surface area contributed by atoms with Crippen LogP contribution in [0.3, 0.4) is 0 Å². The zero-order chi connectivity index (χ0) is 9.97. The average Bonchev–Trinajstić information content (AvgIpc) is 2.56. The number of benzene rings is 1. The number of aromatic amines is 1. The van der Waals surface area contributed by atoms with Crippen molar-refractivity contribution in [3.05, 3.63) is 35.5 Å². The molecule has 3 heteroatoms. The molecule has 73 valence electrons. The maximum atomic E-state index is 5.88. The second-order valence-corrected chi connectivity index (χ2v) is 3.68. The first-order valence-corrected chi connectivity index (χ1v) is 5.13. The molecule has 0 bridgehead atoms. The molecule has 14 heavy (non-hydrogen) atoms. The molecule has 1 heterocycles. The lowest BCUT2D eigenvalue weighted by Gasteiger charge is -1.90. The highest BCUT2D eigenvalue weighted by Gasteiger charge is 2.02. The normalized spacial score (nSPS) is 11.0. The summed E-state index contributed by atoms with van der Waals surface area (Å²) in [6, 6.07) is 5.70. The number of nitrogens with one attached hydrogen (secondary N) is 1. The highest BCUT2D eigenvalue weighted by molar-refractivity contribution is 6.31. The summed E-state index contributed by atoms with van der Waals surface area (Å²) in [6.07, 6.45) is 4.15. The summed E-state index contributed by atoms with van der Waals surface area (Å²) in [5.41, 5.74) is 1.99. The number of H-pyrrole nitrogens is 1. The molecule has 0 atom stereocenters. The molecule has 2 aromatic rings. The first-order chi connectivity index (χ1) is 6.79. The Balaban J connectivity index is 2.32. The number of unbranched alkanes of at least 4 members (excludes halogenated alkanes) is 1. The molecule has 0 saturated carbocycles. The Morgan fingerprint density at radius 1 is 1.50 bits per heavy atom. The molecule has 1 N–H and O–H groups in total. The first-order valence-electron chi connectivity index (χ1n) is 4.75. The van der Waals surface area contributed by atoms with Gasteiger partial charge in [0, 0.05) is 11.4 Å². The van der Waals surface area contributed by atoms with Crippen LogP contribution in [0.1, 0.15) is 19.2 Å². The van der Waals surface area contributed by atoms with E-state index in [4.69, 9.17) is 11.6 Å². The SMILES string of the molecule is CC[CH]Cc1nc2ccc(Cl)cc2[nH]1. The molecule has 2 rings (SSSR count). The zero-order valence-corrected chi connectivity index (χ0v) is 8.80. The van der Waals surface area contributed by atoms with Crippen molar-refractivity contribution in [2.24, 2.45) is 0 Å². The fraction of sp³-hybridized carbons (Fsp3) is 0.273. The van der Waals surface area contributed by atoms with Crippen LogP contribution >= 0.6 is 11.6 Å². The van der Waals surface area contributed by atoms with Crippen molar-refractivity contribution < 1.29 is 0 Å². The van der Waals surface area contributed by atoms with Crippen molar-refractivity contribution in [1.82, 2.24) is 9.97 Å². The predicted octanol–water partition coefficient (Wildman–Crippen LogP) is 3.37. The third-order valence-electron chi connectivity index (χ3n) is 2.12. The van der Waals surface area contributed by atoms with Crippen LogP contribution in [0.5, 0.6) is 0 Å². The van der Waals surface area contributed by atoms with E-state index in [1.807, 2.05) is 18.2 Å². The lowest BCUT2D eigenvalue weighted by Crippen LogP contribution is -1.86. The van der Waals surface area contributed by atoms with E-state index in [1.165, 1.54) is 0 Å². The Hall–Kier alpha value is -1.02. The highest BCUT2D eigenvalue weighted by Crippen LogP contribution is 2.17. The molecule has 0 saturated heterocycles. The van der Waals surface area contributed by atoms with Crippen molar-refractivity contribution in [2.45, 2.75) is 19.8 Å². The molecule has 0 fully saturated rings. The molecule has 1 aromatic heterocycles. The Labute approximate surface area is 88.3 Å². The quantitative estimate of drug-likeness (QED) is 0.822. The minimum atomic E-state index is 0.743. The predicted molar refractivity (Wildman–Crippen MR) is 59.4 cm³/mol. The van der Waals surface area contributed by atoms with Gasteiger partial charge in [-0.15, -0.1) is 0 Å². The minimum Gasteiger partial charge on any atom is -0.342 e. The first kappa shape index (κ1) is 9.53. The molecule has 0 aliphatic carbocycles. The van der Waals surface area contributed by atoms with Crippen LogP contribution in [-0.2, 0) is 6.42 Å². The average molecular weight is 208 g/mol. The van der Waals surface area contributed by atoms with Crippen LogP contribution in [0.2, 0.25) is 5.02 Å². The van der Waals surface area contributed by atoms with Crippen molar-refractivity contribution in [3.8, 4) is 0 Å². The Bertz CT molecular complexity index is 434. The Kier molecular flexibility index (Phi) is 2.73. The maximum absolute atomic E-state index is 5.88. The smallest absolute Gasteiger partial charge is 0.107 e. The minimum absolute atomic E-state index is 0.743. The molecule has 0 aliphatic rings. The summed E-state index contributed by atoms with van der Waals surface area (Å²) in [5, 5.41) is 0.743. The number of hydrogen-bond acceptors (Lipinski definition) is 1. The number of hydrogen-bond donors (Lipinski definition) is 1. The monoisotopic (exact) mass is 207 g/mol. The van der Waals surface area contributed by atoms with E-state index in [9.17, 15) is 0 Å². The number of imidazole rings is 1. The molecule has 0 amide bonds. The van der Waals surface area contributed by atoms with E-state index in [1.54, 1.807) is 0 Å². The van der Waals surface area contributed by atoms with Gasteiger partial charge in [-0.1, -0.05) is 24.9 Å². The Morgan fingerprint density at radius 3 is 3.14 bits per heavy atom. The van der Waals surface area contributed by atoms with Crippen molar-refractivity contribution in [1.29, 1.82) is 0 Å². The van der Waals surface area contributed by atoms with Gasteiger partial charge in [0.2, 0.25) is 0 Å². The number of rotatable bonds is 3. The summed E-state index contributed by atoms with van der Waals surface area (Å²) in [7, 11) is 0. The van der Waals surface area contributed by atoms with Crippen LogP contribution in [-0.4, -0.2) is 9.97 Å². The van der Waals surface area contributed by atoms with E-state index in [0.29, 0.717) is 0 Å². The lowest BCUT2D eigenvalue weighted by atomic mass is 10.2. The van der Waals surface area contributed by atoms with Gasteiger partial charge in [0.15, 0.2) is 0 Å². The topological polar surface area (TPSA) is 28.7 Å². The molecule has 0 aliphatic heterocycles. The van der Waals surface area contributed by atoms with Gasteiger partial charge < -0.3 is 4.98 Å². The molecule has 1 radical (unpaired) electrons. The van der Waals surface area contributed by atoms with Gasteiger partial charge >= 0.3 is 0 Å². The van der Waals surface area contributed by atoms with Gasteiger partial charge in [-0.2, -0.15) is 0 Å². The standard InChI is InChI=1S/C11H12ClN2/c1-2-3-4-11-13-9-6-5-8(12)7-10(9)14-11/h3,5-7H,2,4H2,1H3,(H,13,14). The number of nitrogens with zero attached hydrogens (tertiary/aromatic N) is 1. The molecular weight excluding hydrogens is 196 g/mol. The molecule has 1 aromatic carbocycles. The van der Waals surface area contributed by atoms with E-state index < -0.39 is 0 Å². The molecule has 2 nitrogen and oxygen atoms in total. The third kappa shape index (κ3) is 1.90. The van der Waals surface area contributed by atoms with Crippen LogP contribution in [0.15, 0.2) is 18.2 Å². The van der Waals surface area contributed by atoms with E-state index in [2.05, 4.69) is 23.3 Å². The lowest BCUT2D eigenvalue weighted by molar-refractivity contribution is 0.938. The largest absolute Gasteiger partial charge is 0.342 e. The number of aromatic nitrogens is 2. The van der Waals surface area contributed by atoms with Crippen molar-refractivity contribution in [3.63, 3.8) is 0 Å². The Morgan fingerprint density at radius 2 is 2.36 bits per heavy atom. The number of fused-ring (bicyclic) bond motifs is 1. The fourth-order valence-electron chi connectivity index (χ4n) is 1.41. The fourth-order valence-corrected chi connectivity index (χ4v) is 1.58. The van der Waals surface area contributed by atoms with Crippen LogP contribution in [0.4, 0.5) is 0 Å². The third-order valence-corrected chi connectivity index (χ3v) is 2.35. The van der Waals surface area contributed by atoms with Crippen LogP contribution < -0.4 is 0 Å². The van der Waals surface area contributed by atoms with Crippen molar-refractivity contribution in [2.75, 3.05) is 0 Å². The second-order valence-electron chi connectivity index (χ2n) is 3.25. The second kappa shape index (κ2) is 4.01. The van der Waals surface area contributed by atoms with Gasteiger partial charge in [-0.3, -0.25) is 0 Å². The summed E-state index contributed by atoms with van der Waals surface area (Å²) < 4.78 is 0. The van der Waals surface area contributed by atoms with Gasteiger partial charge in [0.05, 0.1) is 11.0 Å². The maximum Gasteiger partial charge on any atom is 0.107 e. The van der Waals surface area contributed by atoms with E-state index in [-0.39, 0.29) is 0 Å². The molecular formula is C11H12ClN2. The van der Waals surface area contributed by atoms with Gasteiger partial charge in [0.1, 0.15) is 5.82 Å². The summed E-state index contributed by atoms with van der Waals surface area (Å²) in [4.78, 5) is 7.69. The zero-order valence-electron chi connectivity index (χ0n) is 8.05. The summed E-state index contributed by atoms with van der Waals surface area (Å²) >= 11 is 5.88. The van der Waals surface area contributed by atoms with E-state index in [0.717, 1.165) is 34.7 Å². The summed E-state index contributed by atoms with van der Waals surface area (Å²) in [5.74, 6) is 1.00. The molecule has 0 unspecified atom stereocenters. The van der Waals surface area contributed by atoms with Crippen LogP contribution in [0.25, 0.3) is 11.0 Å². The summed E-state index contributed by atoms with van der Waals surface area (Å²) in [6.45, 7) is 2.12. The van der Waals surface area contributed by atoms with Gasteiger partial charge in [-0.25, -0.2) is 4.98 Å². The van der Waals surface area contributed by atoms with Crippen LogP contribution in [0, 0.1) is 6.42 Å².